The van der Waals surface area contributed by atoms with E-state index in [9.17, 15) is 0 Å². The third-order valence-electron chi connectivity index (χ3n) is 2.94. The number of hydrogen-bond donors (Lipinski definition) is 1. The second-order valence-corrected chi connectivity index (χ2v) is 4.43. The normalized spacial score (nSPS) is 11.2. The molecule has 0 fully saturated rings. The maximum Gasteiger partial charge on any atom is 0.130 e. The topological polar surface area (TPSA) is 47.1 Å². The third-order valence-corrected chi connectivity index (χ3v) is 2.94. The van der Waals surface area contributed by atoms with E-state index in [1.165, 1.54) is 11.4 Å². The third kappa shape index (κ3) is 2.38. The number of nitrogens with zero attached hydrogens (tertiary/aromatic N) is 3. The van der Waals surface area contributed by atoms with Gasteiger partial charge in [-0.05, 0) is 40.7 Å². The first kappa shape index (κ1) is 13.0. The Morgan fingerprint density at radius 1 is 1.44 bits per heavy atom. The molecule has 0 saturated heterocycles. The number of rotatable bonds is 5. The van der Waals surface area contributed by atoms with Crippen molar-refractivity contribution >= 4 is 5.82 Å². The summed E-state index contributed by atoms with van der Waals surface area (Å²) in [5.41, 5.74) is 8.06. The van der Waals surface area contributed by atoms with Crippen molar-refractivity contribution < 1.29 is 0 Å². The summed E-state index contributed by atoms with van der Waals surface area (Å²) < 4.78 is 1.98. The van der Waals surface area contributed by atoms with E-state index in [4.69, 9.17) is 5.73 Å². The molecular formula is C12H24N4. The second kappa shape index (κ2) is 5.34. The van der Waals surface area contributed by atoms with Crippen molar-refractivity contribution in [3.8, 4) is 0 Å². The molecule has 0 radical (unpaired) electrons. The van der Waals surface area contributed by atoms with Crippen LogP contribution in [0.2, 0.25) is 0 Å². The molecule has 16 heavy (non-hydrogen) atoms. The molecule has 0 saturated carbocycles. The molecule has 0 aliphatic heterocycles. The maximum atomic E-state index is 5.67. The van der Waals surface area contributed by atoms with Gasteiger partial charge in [0.2, 0.25) is 0 Å². The van der Waals surface area contributed by atoms with E-state index >= 15 is 0 Å². The number of aromatic nitrogens is 2. The summed E-state index contributed by atoms with van der Waals surface area (Å²) in [4.78, 5) is 2.37. The van der Waals surface area contributed by atoms with Crippen LogP contribution in [0, 0.1) is 6.92 Å². The molecule has 1 aromatic heterocycles. The Kier molecular flexibility index (Phi) is 4.35. The van der Waals surface area contributed by atoms with Crippen LogP contribution in [0.1, 0.15) is 32.0 Å². The zero-order valence-corrected chi connectivity index (χ0v) is 11.1. The molecule has 0 bridgehead atoms. The fraction of sp³-hybridized carbons (Fsp3) is 0.750. The Hall–Kier alpha value is -1.03. The van der Waals surface area contributed by atoms with E-state index in [1.54, 1.807) is 0 Å². The minimum Gasteiger partial charge on any atom is -0.354 e. The van der Waals surface area contributed by atoms with Crippen LogP contribution in [0.15, 0.2) is 0 Å². The summed E-state index contributed by atoms with van der Waals surface area (Å²) in [6.07, 6.45) is 0.901. The van der Waals surface area contributed by atoms with Crippen molar-refractivity contribution in [1.82, 2.24) is 9.78 Å². The van der Waals surface area contributed by atoms with E-state index in [-0.39, 0.29) is 0 Å². The highest BCUT2D eigenvalue weighted by atomic mass is 15.4. The summed E-state index contributed by atoms with van der Waals surface area (Å²) in [5, 5.41) is 4.50. The zero-order chi connectivity index (χ0) is 12.3. The number of anilines is 1. The highest BCUT2D eigenvalue weighted by molar-refractivity contribution is 5.51. The molecule has 0 unspecified atom stereocenters. The molecule has 0 amide bonds. The van der Waals surface area contributed by atoms with Gasteiger partial charge in [0.15, 0.2) is 0 Å². The Balaban J connectivity index is 3.18. The van der Waals surface area contributed by atoms with Gasteiger partial charge in [0, 0.05) is 25.2 Å². The molecule has 1 aromatic rings. The first-order valence-electron chi connectivity index (χ1n) is 6.02. The van der Waals surface area contributed by atoms with Crippen LogP contribution in [0.5, 0.6) is 0 Å². The summed E-state index contributed by atoms with van der Waals surface area (Å²) in [5.74, 6) is 1.22. The zero-order valence-electron chi connectivity index (χ0n) is 11.1. The summed E-state index contributed by atoms with van der Waals surface area (Å²) in [6, 6.07) is 0.483. The van der Waals surface area contributed by atoms with Crippen LogP contribution in [0.3, 0.4) is 0 Å². The quantitative estimate of drug-likeness (QED) is 0.824. The van der Waals surface area contributed by atoms with E-state index < -0.39 is 0 Å². The highest BCUT2D eigenvalue weighted by Crippen LogP contribution is 2.25. The van der Waals surface area contributed by atoms with Crippen molar-refractivity contribution in [2.24, 2.45) is 12.8 Å². The summed E-state index contributed by atoms with van der Waals surface area (Å²) in [6.45, 7) is 10.3. The van der Waals surface area contributed by atoms with Crippen LogP contribution >= 0.6 is 0 Å². The van der Waals surface area contributed by atoms with Crippen LogP contribution < -0.4 is 10.6 Å². The lowest BCUT2D eigenvalue weighted by Gasteiger charge is -2.28. The lowest BCUT2D eigenvalue weighted by Crippen LogP contribution is -2.33. The molecule has 1 heterocycles. The Labute approximate surface area is 98.4 Å². The Morgan fingerprint density at radius 2 is 2.06 bits per heavy atom. The molecule has 0 aliphatic rings. The predicted octanol–water partition coefficient (Wildman–Crippen LogP) is 1.46. The molecule has 4 heteroatoms. The first-order valence-corrected chi connectivity index (χ1v) is 6.02. The Morgan fingerprint density at radius 3 is 2.50 bits per heavy atom. The highest BCUT2D eigenvalue weighted by Gasteiger charge is 2.19. The van der Waals surface area contributed by atoms with Gasteiger partial charge in [-0.3, -0.25) is 4.68 Å². The van der Waals surface area contributed by atoms with Crippen molar-refractivity contribution in [1.29, 1.82) is 0 Å². The van der Waals surface area contributed by atoms with Crippen molar-refractivity contribution in [2.75, 3.05) is 18.0 Å². The molecule has 0 aromatic carbocycles. The molecule has 1 rings (SSSR count). The Bertz CT molecular complexity index is 341. The van der Waals surface area contributed by atoms with Gasteiger partial charge in [0.05, 0.1) is 5.69 Å². The molecule has 4 nitrogen and oxygen atoms in total. The summed E-state index contributed by atoms with van der Waals surface area (Å²) in [7, 11) is 2.01. The number of hydrogen-bond acceptors (Lipinski definition) is 3. The van der Waals surface area contributed by atoms with Crippen LogP contribution in [-0.4, -0.2) is 28.9 Å². The van der Waals surface area contributed by atoms with Crippen molar-refractivity contribution in [3.63, 3.8) is 0 Å². The molecule has 0 atom stereocenters. The van der Waals surface area contributed by atoms with E-state index in [2.05, 4.69) is 37.7 Å². The molecular weight excluding hydrogens is 200 g/mol. The lowest BCUT2D eigenvalue weighted by molar-refractivity contribution is 0.647. The molecule has 92 valence electrons. The standard InChI is InChI=1S/C12H24N4/c1-6-16(9(2)3)12-11(7-8-13)10(4)14-15(12)5/h9H,6-8,13H2,1-5H3. The minimum absolute atomic E-state index is 0.483. The predicted molar refractivity (Wildman–Crippen MR) is 68.9 cm³/mol. The van der Waals surface area contributed by atoms with Gasteiger partial charge in [0.1, 0.15) is 5.82 Å². The van der Waals surface area contributed by atoms with Crippen LogP contribution in [0.25, 0.3) is 0 Å². The molecule has 0 spiro atoms. The monoisotopic (exact) mass is 224 g/mol. The van der Waals surface area contributed by atoms with Gasteiger partial charge in [-0.15, -0.1) is 0 Å². The van der Waals surface area contributed by atoms with E-state index in [0.29, 0.717) is 12.6 Å². The first-order chi connectivity index (χ1) is 7.52. The van der Waals surface area contributed by atoms with E-state index in [0.717, 1.165) is 18.7 Å². The molecule has 0 aliphatic carbocycles. The average Bonchev–Trinajstić information content (AvgIpc) is 2.46. The van der Waals surface area contributed by atoms with Crippen LogP contribution in [-0.2, 0) is 13.5 Å². The van der Waals surface area contributed by atoms with Gasteiger partial charge >= 0.3 is 0 Å². The lowest BCUT2D eigenvalue weighted by atomic mass is 10.1. The fourth-order valence-corrected chi connectivity index (χ4v) is 2.25. The van der Waals surface area contributed by atoms with Gasteiger partial charge in [-0.25, -0.2) is 0 Å². The van der Waals surface area contributed by atoms with E-state index in [1.807, 2.05) is 11.7 Å². The average molecular weight is 224 g/mol. The number of nitrogens with two attached hydrogens (primary N) is 1. The van der Waals surface area contributed by atoms with Crippen molar-refractivity contribution in [2.45, 2.75) is 40.2 Å². The fourth-order valence-electron chi connectivity index (χ4n) is 2.25. The minimum atomic E-state index is 0.483. The number of aryl methyl sites for hydroxylation is 2. The van der Waals surface area contributed by atoms with Crippen LogP contribution in [0.4, 0.5) is 5.82 Å². The van der Waals surface area contributed by atoms with Crippen molar-refractivity contribution in [3.05, 3.63) is 11.3 Å². The smallest absolute Gasteiger partial charge is 0.130 e. The van der Waals surface area contributed by atoms with Gasteiger partial charge in [-0.1, -0.05) is 0 Å². The van der Waals surface area contributed by atoms with Gasteiger partial charge < -0.3 is 10.6 Å². The maximum absolute atomic E-state index is 5.67. The second-order valence-electron chi connectivity index (χ2n) is 4.43. The summed E-state index contributed by atoms with van der Waals surface area (Å²) >= 11 is 0. The van der Waals surface area contributed by atoms with Gasteiger partial charge in [-0.2, -0.15) is 5.10 Å². The molecule has 2 N–H and O–H groups in total. The largest absolute Gasteiger partial charge is 0.354 e. The van der Waals surface area contributed by atoms with Gasteiger partial charge in [0.25, 0.3) is 0 Å². The SMILES string of the molecule is CCN(c1c(CCN)c(C)nn1C)C(C)C.